The third-order valence-corrected chi connectivity index (χ3v) is 3.12. The molecular weight excluding hydrogens is 226 g/mol. The first-order valence-corrected chi connectivity index (χ1v) is 6.12. The zero-order valence-corrected chi connectivity index (χ0v) is 10.1. The lowest BCUT2D eigenvalue weighted by molar-refractivity contribution is 0.718. The van der Waals surface area contributed by atoms with Crippen molar-refractivity contribution in [3.63, 3.8) is 0 Å². The molecule has 1 aliphatic heterocycles. The van der Waals surface area contributed by atoms with Gasteiger partial charge in [-0.05, 0) is 43.6 Å². The van der Waals surface area contributed by atoms with Crippen LogP contribution in [-0.2, 0) is 0 Å². The predicted molar refractivity (Wildman–Crippen MR) is 71.8 cm³/mol. The summed E-state index contributed by atoms with van der Waals surface area (Å²) in [6.45, 7) is 2.02. The molecule has 0 amide bonds. The molecule has 1 aliphatic rings. The first-order valence-electron chi connectivity index (χ1n) is 6.12. The van der Waals surface area contributed by atoms with Gasteiger partial charge in [0.1, 0.15) is 11.8 Å². The molecule has 0 radical (unpaired) electrons. The van der Waals surface area contributed by atoms with E-state index in [1.165, 1.54) is 11.9 Å². The van der Waals surface area contributed by atoms with Gasteiger partial charge in [-0.15, -0.1) is 0 Å². The number of fused-ring (bicyclic) bond motifs is 1. The Morgan fingerprint density at radius 3 is 3.06 bits per heavy atom. The fraction of sp³-hybridized carbons (Fsp3) is 0.308. The average molecular weight is 241 g/mol. The molecule has 3 N–H and O–H groups in total. The van der Waals surface area contributed by atoms with Crippen molar-refractivity contribution in [3.05, 3.63) is 30.2 Å². The van der Waals surface area contributed by atoms with Gasteiger partial charge < -0.3 is 11.1 Å². The summed E-state index contributed by atoms with van der Waals surface area (Å²) in [6, 6.07) is 3.96. The number of anilines is 1. The minimum atomic E-state index is 0.439. The highest BCUT2D eigenvalue weighted by Crippen LogP contribution is 2.22. The molecule has 0 spiro atoms. The number of nitrogens with two attached hydrogens (primary N) is 1. The lowest BCUT2D eigenvalue weighted by Crippen LogP contribution is -2.13. The number of pyridine rings is 1. The minimum absolute atomic E-state index is 0.439. The third kappa shape index (κ3) is 2.04. The molecule has 2 aromatic heterocycles. The number of nitrogens with one attached hydrogen (secondary N) is 1. The second kappa shape index (κ2) is 4.70. The molecule has 0 atom stereocenters. The van der Waals surface area contributed by atoms with Crippen LogP contribution in [0.2, 0.25) is 0 Å². The van der Waals surface area contributed by atoms with Gasteiger partial charge in [0, 0.05) is 0 Å². The lowest BCUT2D eigenvalue weighted by atomic mass is 10.1. The Morgan fingerprint density at radius 2 is 2.11 bits per heavy atom. The molecule has 0 saturated carbocycles. The van der Waals surface area contributed by atoms with E-state index in [-0.39, 0.29) is 0 Å². The molecule has 3 rings (SSSR count). The van der Waals surface area contributed by atoms with E-state index < -0.39 is 0 Å². The number of hydrogen-bond acceptors (Lipinski definition) is 5. The third-order valence-electron chi connectivity index (χ3n) is 3.12. The summed E-state index contributed by atoms with van der Waals surface area (Å²) in [4.78, 5) is 12.7. The van der Waals surface area contributed by atoms with E-state index in [1.807, 2.05) is 12.1 Å². The summed E-state index contributed by atoms with van der Waals surface area (Å²) in [6.07, 6.45) is 5.74. The molecule has 0 unspecified atom stereocenters. The van der Waals surface area contributed by atoms with Gasteiger partial charge in [0.25, 0.3) is 0 Å². The Labute approximate surface area is 105 Å². The van der Waals surface area contributed by atoms with Gasteiger partial charge in [0.05, 0.1) is 11.2 Å². The lowest BCUT2D eigenvalue weighted by Gasteiger charge is -2.06. The topological polar surface area (TPSA) is 76.7 Å². The summed E-state index contributed by atoms with van der Waals surface area (Å²) in [5.41, 5.74) is 9.57. The van der Waals surface area contributed by atoms with Crippen molar-refractivity contribution < 1.29 is 0 Å². The van der Waals surface area contributed by atoms with Gasteiger partial charge >= 0.3 is 0 Å². The molecule has 0 bridgehead atoms. The van der Waals surface area contributed by atoms with Gasteiger partial charge in [0.2, 0.25) is 0 Å². The molecule has 0 aliphatic carbocycles. The number of nitrogen functional groups attached to an aromatic ring is 1. The molecule has 5 heteroatoms. The molecule has 5 nitrogen and oxygen atoms in total. The largest absolute Gasteiger partial charge is 0.382 e. The van der Waals surface area contributed by atoms with Crippen LogP contribution in [0, 0.1) is 0 Å². The van der Waals surface area contributed by atoms with Crippen molar-refractivity contribution in [2.75, 3.05) is 18.8 Å². The summed E-state index contributed by atoms with van der Waals surface area (Å²) in [5.74, 6) is 0.439. The fourth-order valence-corrected chi connectivity index (χ4v) is 2.17. The molecular formula is C13H15N5. The standard InChI is InChI=1S/C13H15N5/c14-13-12-11(16-8-17-13)4-3-10(18-12)9-2-1-6-15-7-5-9/h2-4,8,15H,1,5-7H2,(H2,14,16,17). The summed E-state index contributed by atoms with van der Waals surface area (Å²) < 4.78 is 0. The Hall–Kier alpha value is -2.01. The van der Waals surface area contributed by atoms with Gasteiger partial charge in [-0.2, -0.15) is 0 Å². The SMILES string of the molecule is Nc1ncnc2ccc(C3=CCCNCC3)nc12. The molecule has 0 saturated heterocycles. The number of hydrogen-bond donors (Lipinski definition) is 2. The summed E-state index contributed by atoms with van der Waals surface area (Å²) in [5, 5.41) is 3.37. The highest BCUT2D eigenvalue weighted by molar-refractivity contribution is 5.85. The van der Waals surface area contributed by atoms with Crippen molar-refractivity contribution in [2.24, 2.45) is 0 Å². The zero-order valence-electron chi connectivity index (χ0n) is 10.1. The van der Waals surface area contributed by atoms with E-state index in [0.717, 1.165) is 37.1 Å². The number of nitrogens with zero attached hydrogens (tertiary/aromatic N) is 3. The first-order chi connectivity index (χ1) is 8.84. The number of rotatable bonds is 1. The van der Waals surface area contributed by atoms with Crippen LogP contribution < -0.4 is 11.1 Å². The van der Waals surface area contributed by atoms with Crippen molar-refractivity contribution in [1.29, 1.82) is 0 Å². The second-order valence-electron chi connectivity index (χ2n) is 4.34. The molecule has 92 valence electrons. The zero-order chi connectivity index (χ0) is 12.4. The Kier molecular flexibility index (Phi) is 2.90. The van der Waals surface area contributed by atoms with Crippen molar-refractivity contribution in [2.45, 2.75) is 12.8 Å². The van der Waals surface area contributed by atoms with Gasteiger partial charge in [-0.1, -0.05) is 6.08 Å². The minimum Gasteiger partial charge on any atom is -0.382 e. The van der Waals surface area contributed by atoms with Gasteiger partial charge in [0.15, 0.2) is 5.82 Å². The van der Waals surface area contributed by atoms with Crippen molar-refractivity contribution in [1.82, 2.24) is 20.3 Å². The quantitative estimate of drug-likeness (QED) is 0.788. The van der Waals surface area contributed by atoms with Crippen molar-refractivity contribution in [3.8, 4) is 0 Å². The van der Waals surface area contributed by atoms with E-state index in [1.54, 1.807) is 0 Å². The van der Waals surface area contributed by atoms with Gasteiger partial charge in [-0.3, -0.25) is 0 Å². The maximum atomic E-state index is 5.84. The van der Waals surface area contributed by atoms with Crippen LogP contribution >= 0.6 is 0 Å². The smallest absolute Gasteiger partial charge is 0.153 e. The van der Waals surface area contributed by atoms with Crippen molar-refractivity contribution >= 4 is 22.4 Å². The average Bonchev–Trinajstić information content (AvgIpc) is 2.68. The van der Waals surface area contributed by atoms with Gasteiger partial charge in [-0.25, -0.2) is 15.0 Å². The van der Waals surface area contributed by atoms with E-state index >= 15 is 0 Å². The second-order valence-corrected chi connectivity index (χ2v) is 4.34. The van der Waals surface area contributed by atoms with E-state index in [4.69, 9.17) is 5.73 Å². The number of aromatic nitrogens is 3. The Balaban J connectivity index is 2.07. The van der Waals surface area contributed by atoms with Crippen LogP contribution in [-0.4, -0.2) is 28.0 Å². The van der Waals surface area contributed by atoms with Crippen LogP contribution in [0.1, 0.15) is 18.5 Å². The van der Waals surface area contributed by atoms with Crippen LogP contribution in [0.3, 0.4) is 0 Å². The highest BCUT2D eigenvalue weighted by Gasteiger charge is 2.09. The monoisotopic (exact) mass is 241 g/mol. The maximum Gasteiger partial charge on any atom is 0.153 e. The summed E-state index contributed by atoms with van der Waals surface area (Å²) >= 11 is 0. The molecule has 18 heavy (non-hydrogen) atoms. The van der Waals surface area contributed by atoms with E-state index in [9.17, 15) is 0 Å². The molecule has 2 aromatic rings. The Bertz CT molecular complexity index is 605. The van der Waals surface area contributed by atoms with Crippen LogP contribution in [0.5, 0.6) is 0 Å². The van der Waals surface area contributed by atoms with Crippen LogP contribution in [0.15, 0.2) is 24.5 Å². The molecule has 0 aromatic carbocycles. The van der Waals surface area contributed by atoms with E-state index in [2.05, 4.69) is 26.3 Å². The molecule has 3 heterocycles. The first kappa shape index (κ1) is 11.1. The highest BCUT2D eigenvalue weighted by atomic mass is 14.9. The maximum absolute atomic E-state index is 5.84. The normalized spacial score (nSPS) is 16.3. The Morgan fingerprint density at radius 1 is 1.17 bits per heavy atom. The van der Waals surface area contributed by atoms with Crippen LogP contribution in [0.25, 0.3) is 16.6 Å². The van der Waals surface area contributed by atoms with E-state index in [0.29, 0.717) is 11.3 Å². The summed E-state index contributed by atoms with van der Waals surface area (Å²) in [7, 11) is 0. The molecule has 0 fully saturated rings. The fourth-order valence-electron chi connectivity index (χ4n) is 2.17. The van der Waals surface area contributed by atoms with Crippen LogP contribution in [0.4, 0.5) is 5.82 Å². The predicted octanol–water partition coefficient (Wildman–Crippen LogP) is 1.37.